The van der Waals surface area contributed by atoms with Gasteiger partial charge in [0, 0.05) is 0 Å². The lowest BCUT2D eigenvalue weighted by Gasteiger charge is -2.21. The van der Waals surface area contributed by atoms with Crippen molar-refractivity contribution in [3.05, 3.63) is 0 Å². The van der Waals surface area contributed by atoms with Crippen LogP contribution in [0.15, 0.2) is 0 Å². The summed E-state index contributed by atoms with van der Waals surface area (Å²) in [7, 11) is 0. The summed E-state index contributed by atoms with van der Waals surface area (Å²) in [6.07, 6.45) is 0.0700. The molecule has 0 bridgehead atoms. The summed E-state index contributed by atoms with van der Waals surface area (Å²) in [6, 6.07) is -0.813. The normalized spacial score (nSPS) is 17.8. The minimum absolute atomic E-state index is 0.225. The molecule has 1 heterocycles. The van der Waals surface area contributed by atoms with E-state index in [0.29, 0.717) is 19.4 Å². The molecule has 0 aromatic heterocycles. The molecule has 15 heavy (non-hydrogen) atoms. The molecule has 7 heteroatoms. The Balaban J connectivity index is 2.67. The van der Waals surface area contributed by atoms with Crippen molar-refractivity contribution in [1.82, 2.24) is 4.90 Å². The van der Waals surface area contributed by atoms with Crippen LogP contribution in [0.5, 0.6) is 0 Å². The molecule has 1 saturated heterocycles. The van der Waals surface area contributed by atoms with Crippen molar-refractivity contribution >= 4 is 18.0 Å². The van der Waals surface area contributed by atoms with Crippen LogP contribution < -0.4 is 11.5 Å². The SMILES string of the molecule is NCCC[C@@H](C(N)=O)N1CC(=O)OC1=O. The zero-order chi connectivity index (χ0) is 11.4. The summed E-state index contributed by atoms with van der Waals surface area (Å²) in [6.45, 7) is 0.164. The second-order valence-corrected chi connectivity index (χ2v) is 3.22. The third-order valence-electron chi connectivity index (χ3n) is 2.12. The van der Waals surface area contributed by atoms with Gasteiger partial charge >= 0.3 is 12.1 Å². The van der Waals surface area contributed by atoms with Crippen LogP contribution in [-0.2, 0) is 14.3 Å². The summed E-state index contributed by atoms with van der Waals surface area (Å²) in [5, 5.41) is 0. The maximum absolute atomic E-state index is 11.1. The first-order chi connectivity index (χ1) is 7.06. The second-order valence-electron chi connectivity index (χ2n) is 3.22. The summed E-state index contributed by atoms with van der Waals surface area (Å²) >= 11 is 0. The van der Waals surface area contributed by atoms with Gasteiger partial charge in [0.05, 0.1) is 0 Å². The third kappa shape index (κ3) is 2.66. The minimum atomic E-state index is -0.819. The lowest BCUT2D eigenvalue weighted by molar-refractivity contribution is -0.132. The van der Waals surface area contributed by atoms with E-state index < -0.39 is 24.0 Å². The molecular formula is C8H13N3O4. The van der Waals surface area contributed by atoms with Crippen molar-refractivity contribution < 1.29 is 19.1 Å². The fraction of sp³-hybridized carbons (Fsp3) is 0.625. The van der Waals surface area contributed by atoms with Crippen molar-refractivity contribution in [2.45, 2.75) is 18.9 Å². The third-order valence-corrected chi connectivity index (χ3v) is 2.12. The average Bonchev–Trinajstić information content (AvgIpc) is 2.46. The molecule has 1 aliphatic heterocycles. The van der Waals surface area contributed by atoms with Crippen LogP contribution in [0.2, 0.25) is 0 Å². The number of esters is 1. The first-order valence-electron chi connectivity index (χ1n) is 4.57. The van der Waals surface area contributed by atoms with Crippen LogP contribution in [0.3, 0.4) is 0 Å². The number of amides is 2. The van der Waals surface area contributed by atoms with E-state index in [9.17, 15) is 14.4 Å². The Morgan fingerprint density at radius 1 is 1.53 bits per heavy atom. The van der Waals surface area contributed by atoms with Crippen molar-refractivity contribution in [1.29, 1.82) is 0 Å². The molecule has 1 aliphatic rings. The zero-order valence-corrected chi connectivity index (χ0v) is 8.14. The number of nitrogens with two attached hydrogens (primary N) is 2. The van der Waals surface area contributed by atoms with Crippen molar-refractivity contribution in [3.8, 4) is 0 Å². The fourth-order valence-electron chi connectivity index (χ4n) is 1.39. The van der Waals surface area contributed by atoms with E-state index in [1.165, 1.54) is 0 Å². The molecule has 4 N–H and O–H groups in total. The number of hydrogen-bond acceptors (Lipinski definition) is 5. The lowest BCUT2D eigenvalue weighted by atomic mass is 10.1. The van der Waals surface area contributed by atoms with E-state index in [1.54, 1.807) is 0 Å². The van der Waals surface area contributed by atoms with E-state index in [0.717, 1.165) is 4.90 Å². The predicted molar refractivity (Wildman–Crippen MR) is 49.5 cm³/mol. The molecule has 1 atom stereocenters. The van der Waals surface area contributed by atoms with E-state index in [2.05, 4.69) is 4.74 Å². The molecule has 84 valence electrons. The van der Waals surface area contributed by atoms with Crippen molar-refractivity contribution in [2.75, 3.05) is 13.1 Å². The molecule has 1 rings (SSSR count). The highest BCUT2D eigenvalue weighted by Crippen LogP contribution is 2.13. The van der Waals surface area contributed by atoms with Crippen LogP contribution in [0, 0.1) is 0 Å². The predicted octanol–water partition coefficient (Wildman–Crippen LogP) is -1.44. The Bertz CT molecular complexity index is 292. The standard InChI is InChI=1S/C8H13N3O4/c9-3-1-2-5(7(10)13)11-4-6(12)15-8(11)14/h5H,1-4,9H2,(H2,10,13)/t5-/m0/s1. The first kappa shape index (κ1) is 11.4. The molecule has 7 nitrogen and oxygen atoms in total. The Kier molecular flexibility index (Phi) is 3.62. The maximum Gasteiger partial charge on any atom is 0.418 e. The quantitative estimate of drug-likeness (QED) is 0.430. The minimum Gasteiger partial charge on any atom is -0.375 e. The van der Waals surface area contributed by atoms with E-state index in [4.69, 9.17) is 11.5 Å². The highest BCUT2D eigenvalue weighted by atomic mass is 16.6. The van der Waals surface area contributed by atoms with Gasteiger partial charge in [-0.25, -0.2) is 9.59 Å². The zero-order valence-electron chi connectivity index (χ0n) is 8.14. The lowest BCUT2D eigenvalue weighted by Crippen LogP contribution is -2.45. The highest BCUT2D eigenvalue weighted by Gasteiger charge is 2.37. The molecule has 2 amide bonds. The van der Waals surface area contributed by atoms with Crippen molar-refractivity contribution in [3.63, 3.8) is 0 Å². The van der Waals surface area contributed by atoms with Crippen LogP contribution in [0.1, 0.15) is 12.8 Å². The monoisotopic (exact) mass is 215 g/mol. The molecule has 1 fully saturated rings. The van der Waals surface area contributed by atoms with Gasteiger partial charge < -0.3 is 16.2 Å². The van der Waals surface area contributed by atoms with Gasteiger partial charge in [-0.15, -0.1) is 0 Å². The molecular weight excluding hydrogens is 202 g/mol. The summed E-state index contributed by atoms with van der Waals surface area (Å²) in [4.78, 5) is 34.0. The average molecular weight is 215 g/mol. The van der Waals surface area contributed by atoms with Gasteiger partial charge in [-0.1, -0.05) is 0 Å². The number of carbonyl (C=O) groups is 3. The van der Waals surface area contributed by atoms with Crippen LogP contribution in [-0.4, -0.2) is 42.0 Å². The van der Waals surface area contributed by atoms with E-state index in [-0.39, 0.29) is 6.54 Å². The summed E-state index contributed by atoms with van der Waals surface area (Å²) < 4.78 is 4.29. The van der Waals surface area contributed by atoms with Gasteiger partial charge in [-0.3, -0.25) is 9.69 Å². The second kappa shape index (κ2) is 4.74. The number of cyclic esters (lactones) is 2. The van der Waals surface area contributed by atoms with Gasteiger partial charge in [0.2, 0.25) is 5.91 Å². The number of rotatable bonds is 5. The van der Waals surface area contributed by atoms with Gasteiger partial charge in [0.1, 0.15) is 12.6 Å². The molecule has 0 aromatic carbocycles. The van der Waals surface area contributed by atoms with Crippen LogP contribution >= 0.6 is 0 Å². The Morgan fingerprint density at radius 2 is 2.20 bits per heavy atom. The molecule has 0 spiro atoms. The summed E-state index contributed by atoms with van der Waals surface area (Å²) in [5.41, 5.74) is 10.4. The molecule has 0 aliphatic carbocycles. The van der Waals surface area contributed by atoms with E-state index in [1.807, 2.05) is 0 Å². The smallest absolute Gasteiger partial charge is 0.375 e. The topological polar surface area (TPSA) is 116 Å². The van der Waals surface area contributed by atoms with Gasteiger partial charge in [-0.05, 0) is 19.4 Å². The Labute approximate surface area is 86.3 Å². The largest absolute Gasteiger partial charge is 0.418 e. The number of hydrogen-bond donors (Lipinski definition) is 2. The van der Waals surface area contributed by atoms with Gasteiger partial charge in [0.25, 0.3) is 0 Å². The highest BCUT2D eigenvalue weighted by molar-refractivity contribution is 5.96. The Hall–Kier alpha value is -1.63. The number of carbonyl (C=O) groups excluding carboxylic acids is 3. The molecule has 0 unspecified atom stereocenters. The summed E-state index contributed by atoms with van der Waals surface area (Å²) in [5.74, 6) is -1.32. The Morgan fingerprint density at radius 3 is 2.60 bits per heavy atom. The molecule has 0 radical (unpaired) electrons. The van der Waals surface area contributed by atoms with Crippen molar-refractivity contribution in [2.24, 2.45) is 11.5 Å². The maximum atomic E-state index is 11.1. The van der Waals surface area contributed by atoms with Crippen LogP contribution in [0.4, 0.5) is 4.79 Å². The number of nitrogens with zero attached hydrogens (tertiary/aromatic N) is 1. The fourth-order valence-corrected chi connectivity index (χ4v) is 1.39. The van der Waals surface area contributed by atoms with E-state index >= 15 is 0 Å². The molecule has 0 saturated carbocycles. The molecule has 0 aromatic rings. The number of ether oxygens (including phenoxy) is 1. The first-order valence-corrected chi connectivity index (χ1v) is 4.57. The van der Waals surface area contributed by atoms with Gasteiger partial charge in [-0.2, -0.15) is 0 Å². The van der Waals surface area contributed by atoms with Crippen LogP contribution in [0.25, 0.3) is 0 Å². The number of primary amides is 1. The van der Waals surface area contributed by atoms with Gasteiger partial charge in [0.15, 0.2) is 0 Å².